The highest BCUT2D eigenvalue weighted by molar-refractivity contribution is 7.46. The molecule has 0 bridgehead atoms. The molecule has 5 nitrogen and oxygen atoms in total. The molecule has 62 valence electrons. The molecule has 0 aromatic heterocycles. The Kier molecular flexibility index (Phi) is 4.44. The largest absolute Gasteiger partial charge is 0.469 e. The van der Waals surface area contributed by atoms with Crippen LogP contribution in [0.3, 0.4) is 0 Å². The number of halogens is 1. The summed E-state index contributed by atoms with van der Waals surface area (Å²) < 4.78 is 14.3. The fourth-order valence-electron chi connectivity index (χ4n) is 0.328. The lowest BCUT2D eigenvalue weighted by Crippen LogP contribution is -2.24. The fourth-order valence-corrected chi connectivity index (χ4v) is 1.15. The second-order valence-electron chi connectivity index (χ2n) is 1.61. The molecule has 0 saturated carbocycles. The van der Waals surface area contributed by atoms with Crippen LogP contribution in [-0.4, -0.2) is 28.3 Å². The van der Waals surface area contributed by atoms with Crippen LogP contribution in [0.25, 0.3) is 0 Å². The van der Waals surface area contributed by atoms with Crippen LogP contribution in [0, 0.1) is 0 Å². The van der Waals surface area contributed by atoms with Crippen molar-refractivity contribution in [3.63, 3.8) is 0 Å². The summed E-state index contributed by atoms with van der Waals surface area (Å²) in [5, 5.41) is 0. The van der Waals surface area contributed by atoms with Crippen LogP contribution in [0.4, 0.5) is 0 Å². The number of rotatable bonds is 4. The van der Waals surface area contributed by atoms with Gasteiger partial charge in [0.1, 0.15) is 0 Å². The van der Waals surface area contributed by atoms with Gasteiger partial charge in [-0.2, -0.15) is 0 Å². The van der Waals surface area contributed by atoms with Crippen molar-refractivity contribution in [2.75, 3.05) is 12.4 Å². The maximum Gasteiger partial charge on any atom is 0.469 e. The van der Waals surface area contributed by atoms with Gasteiger partial charge in [0, 0.05) is 6.54 Å². The number of hydrogen-bond donors (Lipinski definition) is 3. The average Bonchev–Trinajstić information content (AvgIpc) is 1.81. The zero-order chi connectivity index (χ0) is 8.20. The van der Waals surface area contributed by atoms with Crippen molar-refractivity contribution in [3.05, 3.63) is 0 Å². The first-order valence-electron chi connectivity index (χ1n) is 2.49. The quantitative estimate of drug-likeness (QED) is 0.416. The van der Waals surface area contributed by atoms with Gasteiger partial charge in [-0.25, -0.2) is 4.57 Å². The third kappa shape index (κ3) is 5.17. The molecule has 0 spiro atoms. The highest BCUT2D eigenvalue weighted by Crippen LogP contribution is 2.37. The van der Waals surface area contributed by atoms with Crippen LogP contribution in [0.2, 0.25) is 0 Å². The number of nitrogens with two attached hydrogens (primary N) is 1. The van der Waals surface area contributed by atoms with E-state index in [1.54, 1.807) is 0 Å². The summed E-state index contributed by atoms with van der Waals surface area (Å²) in [5.41, 5.74) is 5.04. The van der Waals surface area contributed by atoms with Crippen LogP contribution in [-0.2, 0) is 9.09 Å². The van der Waals surface area contributed by atoms with Crippen LogP contribution in [0.1, 0.15) is 0 Å². The van der Waals surface area contributed by atoms with Gasteiger partial charge in [0.15, 0.2) is 0 Å². The Morgan fingerprint density at radius 2 is 2.20 bits per heavy atom. The van der Waals surface area contributed by atoms with Gasteiger partial charge in [-0.1, -0.05) is 0 Å². The second-order valence-corrected chi connectivity index (χ2v) is 3.11. The molecule has 0 saturated heterocycles. The summed E-state index contributed by atoms with van der Waals surface area (Å²) >= 11 is 5.23. The van der Waals surface area contributed by atoms with Crippen molar-refractivity contribution in [2.24, 2.45) is 5.73 Å². The first-order valence-corrected chi connectivity index (χ1v) is 4.56. The highest BCUT2D eigenvalue weighted by atomic mass is 35.5. The Hall–Kier alpha value is 0.360. The molecule has 0 radical (unpaired) electrons. The van der Waals surface area contributed by atoms with Crippen molar-refractivity contribution in [1.82, 2.24) is 0 Å². The average molecular weight is 190 g/mol. The molecular formula is C3H9ClNO4P. The van der Waals surface area contributed by atoms with E-state index in [2.05, 4.69) is 4.52 Å². The van der Waals surface area contributed by atoms with E-state index in [0.29, 0.717) is 0 Å². The van der Waals surface area contributed by atoms with Crippen LogP contribution in [0.5, 0.6) is 0 Å². The molecule has 0 aromatic rings. The molecule has 0 rings (SSSR count). The predicted octanol–water partition coefficient (Wildman–Crippen LogP) is -0.338. The zero-order valence-electron chi connectivity index (χ0n) is 5.11. The second kappa shape index (κ2) is 4.28. The first kappa shape index (κ1) is 10.4. The molecule has 0 fully saturated rings. The summed E-state index contributed by atoms with van der Waals surface area (Å²) in [7, 11) is -4.42. The molecular weight excluding hydrogens is 180 g/mol. The van der Waals surface area contributed by atoms with E-state index >= 15 is 0 Å². The summed E-state index contributed by atoms with van der Waals surface area (Å²) in [5.74, 6) is -0.0262. The Morgan fingerprint density at radius 3 is 2.30 bits per heavy atom. The van der Waals surface area contributed by atoms with E-state index in [4.69, 9.17) is 27.1 Å². The maximum absolute atomic E-state index is 10.1. The maximum atomic E-state index is 10.1. The number of hydrogen-bond acceptors (Lipinski definition) is 3. The monoisotopic (exact) mass is 189 g/mol. The normalized spacial score (nSPS) is 15.2. The van der Waals surface area contributed by atoms with Gasteiger partial charge in [0.05, 0.1) is 12.0 Å². The molecule has 0 aliphatic rings. The number of phosphoric acid groups is 1. The minimum Gasteiger partial charge on any atom is -0.328 e. The fraction of sp³-hybridized carbons (Fsp3) is 1.00. The summed E-state index contributed by atoms with van der Waals surface area (Å²) in [6.07, 6.45) is -0.775. The van der Waals surface area contributed by atoms with Crippen molar-refractivity contribution in [3.8, 4) is 0 Å². The van der Waals surface area contributed by atoms with Crippen LogP contribution >= 0.6 is 19.4 Å². The SMILES string of the molecule is NCC(CCl)OP(=O)(O)O. The van der Waals surface area contributed by atoms with Gasteiger partial charge in [-0.05, 0) is 0 Å². The Morgan fingerprint density at radius 1 is 1.70 bits per heavy atom. The molecule has 4 N–H and O–H groups in total. The van der Waals surface area contributed by atoms with Gasteiger partial charge in [0.2, 0.25) is 0 Å². The van der Waals surface area contributed by atoms with Gasteiger partial charge >= 0.3 is 7.82 Å². The predicted molar refractivity (Wildman–Crippen MR) is 36.7 cm³/mol. The van der Waals surface area contributed by atoms with Crippen molar-refractivity contribution in [1.29, 1.82) is 0 Å². The molecule has 1 unspecified atom stereocenters. The summed E-state index contributed by atoms with van der Waals surface area (Å²) in [6.45, 7) is -0.00535. The van der Waals surface area contributed by atoms with Crippen molar-refractivity contribution >= 4 is 19.4 Å². The highest BCUT2D eigenvalue weighted by Gasteiger charge is 2.19. The molecule has 0 aliphatic carbocycles. The topological polar surface area (TPSA) is 92.8 Å². The summed E-state index contributed by atoms with van der Waals surface area (Å²) in [6, 6.07) is 0. The Bertz CT molecular complexity index is 132. The van der Waals surface area contributed by atoms with Gasteiger partial charge in [0.25, 0.3) is 0 Å². The molecule has 0 aromatic carbocycles. The third-order valence-electron chi connectivity index (χ3n) is 0.721. The van der Waals surface area contributed by atoms with Crippen LogP contribution < -0.4 is 5.73 Å². The van der Waals surface area contributed by atoms with Gasteiger partial charge in [-0.15, -0.1) is 11.6 Å². The van der Waals surface area contributed by atoms with E-state index in [9.17, 15) is 4.57 Å². The molecule has 10 heavy (non-hydrogen) atoms. The van der Waals surface area contributed by atoms with Crippen LogP contribution in [0.15, 0.2) is 0 Å². The minimum absolute atomic E-state index is 0.00535. The van der Waals surface area contributed by atoms with Gasteiger partial charge in [-0.3, -0.25) is 4.52 Å². The lowest BCUT2D eigenvalue weighted by Gasteiger charge is -2.12. The molecule has 0 aliphatic heterocycles. The molecule has 0 heterocycles. The lowest BCUT2D eigenvalue weighted by molar-refractivity contribution is 0.151. The Balaban J connectivity index is 3.75. The molecule has 0 amide bonds. The van der Waals surface area contributed by atoms with E-state index in [1.807, 2.05) is 0 Å². The van der Waals surface area contributed by atoms with E-state index in [0.717, 1.165) is 0 Å². The summed E-state index contributed by atoms with van der Waals surface area (Å²) in [4.78, 5) is 16.4. The van der Waals surface area contributed by atoms with Crippen molar-refractivity contribution in [2.45, 2.75) is 6.10 Å². The van der Waals surface area contributed by atoms with E-state index in [1.165, 1.54) is 0 Å². The molecule has 7 heteroatoms. The van der Waals surface area contributed by atoms with E-state index in [-0.39, 0.29) is 12.4 Å². The molecule has 1 atom stereocenters. The standard InChI is InChI=1S/C3H9ClNO4P/c4-1-3(2-5)9-10(6,7)8/h3H,1-2,5H2,(H2,6,7,8). The van der Waals surface area contributed by atoms with Gasteiger partial charge < -0.3 is 15.5 Å². The number of phosphoric ester groups is 1. The number of alkyl halides is 1. The minimum atomic E-state index is -4.42. The van der Waals surface area contributed by atoms with Crippen molar-refractivity contribution < 1.29 is 18.9 Å². The zero-order valence-corrected chi connectivity index (χ0v) is 6.76. The first-order chi connectivity index (χ1) is 4.49. The smallest absolute Gasteiger partial charge is 0.328 e. The lowest BCUT2D eigenvalue weighted by atomic mass is 10.4. The Labute approximate surface area is 63.4 Å². The third-order valence-corrected chi connectivity index (χ3v) is 1.64. The van der Waals surface area contributed by atoms with E-state index < -0.39 is 13.9 Å².